The summed E-state index contributed by atoms with van der Waals surface area (Å²) >= 11 is 3.49. The third-order valence-corrected chi connectivity index (χ3v) is 5.49. The number of unbranched alkanes of at least 4 members (excludes halogenated alkanes) is 2. The zero-order chi connectivity index (χ0) is 22.1. The van der Waals surface area contributed by atoms with E-state index < -0.39 is 0 Å². The first-order valence-corrected chi connectivity index (χ1v) is 11.5. The van der Waals surface area contributed by atoms with Gasteiger partial charge in [0, 0.05) is 41.7 Å². The van der Waals surface area contributed by atoms with Crippen molar-refractivity contribution in [2.75, 3.05) is 13.2 Å². The molecule has 0 aliphatic heterocycles. The molecule has 31 heavy (non-hydrogen) atoms. The van der Waals surface area contributed by atoms with E-state index in [1.807, 2.05) is 49.0 Å². The quantitative estimate of drug-likeness (QED) is 0.249. The number of carbonyl (C=O) groups excluding carboxylic acids is 1. The molecule has 0 N–H and O–H groups in total. The van der Waals surface area contributed by atoms with Crippen LogP contribution >= 0.6 is 15.9 Å². The first kappa shape index (κ1) is 23.1. The molecule has 164 valence electrons. The normalized spacial score (nSPS) is 10.8. The van der Waals surface area contributed by atoms with Gasteiger partial charge in [0.1, 0.15) is 5.75 Å². The van der Waals surface area contributed by atoms with E-state index in [4.69, 9.17) is 9.47 Å². The summed E-state index contributed by atoms with van der Waals surface area (Å²) in [6, 6.07) is 16.4. The van der Waals surface area contributed by atoms with E-state index >= 15 is 0 Å². The fraction of sp³-hybridized carbons (Fsp3) is 0.360. The summed E-state index contributed by atoms with van der Waals surface area (Å²) in [7, 11) is 1.95. The predicted molar refractivity (Wildman–Crippen MR) is 126 cm³/mol. The number of hydrogen-bond donors (Lipinski definition) is 0. The molecular formula is C25H29BrN2O3. The second kappa shape index (κ2) is 11.7. The van der Waals surface area contributed by atoms with Gasteiger partial charge in [0.25, 0.3) is 0 Å². The number of nitrogens with zero attached hydrogens (tertiary/aromatic N) is 2. The number of benzene rings is 2. The van der Waals surface area contributed by atoms with Gasteiger partial charge in [-0.25, -0.2) is 0 Å². The molecule has 0 aliphatic carbocycles. The Bertz CT molecular complexity index is 983. The minimum absolute atomic E-state index is 0.119. The van der Waals surface area contributed by atoms with Crippen LogP contribution < -0.4 is 4.74 Å². The highest BCUT2D eigenvalue weighted by Gasteiger charge is 2.13. The first-order valence-electron chi connectivity index (χ1n) is 10.7. The molecule has 0 aliphatic rings. The number of ether oxygens (including phenoxy) is 2. The molecule has 0 atom stereocenters. The average molecular weight is 485 g/mol. The number of rotatable bonds is 11. The van der Waals surface area contributed by atoms with Crippen molar-refractivity contribution in [3.05, 3.63) is 70.3 Å². The predicted octanol–water partition coefficient (Wildman–Crippen LogP) is 5.94. The zero-order valence-corrected chi connectivity index (χ0v) is 19.7. The molecule has 0 saturated heterocycles. The molecule has 5 nitrogen and oxygen atoms in total. The number of para-hydroxylation sites is 1. The van der Waals surface area contributed by atoms with Gasteiger partial charge in [0.05, 0.1) is 18.9 Å². The Morgan fingerprint density at radius 2 is 1.81 bits per heavy atom. The van der Waals surface area contributed by atoms with Gasteiger partial charge in [0.2, 0.25) is 0 Å². The third-order valence-electron chi connectivity index (χ3n) is 4.96. The molecule has 0 unspecified atom stereocenters. The standard InChI is InChI=1S/C25H29BrN2O3/c1-3-30-24(29)11-5-4-8-16-31-23-10-7-6-9-20(23)17-21-18-28(2)27-25(21)19-12-14-22(26)15-13-19/h6-7,9-10,12-15,18H,3-5,8,11,16-17H2,1-2H3. The lowest BCUT2D eigenvalue weighted by atomic mass is 10.0. The Hall–Kier alpha value is -2.60. The lowest BCUT2D eigenvalue weighted by Gasteiger charge is -2.12. The van der Waals surface area contributed by atoms with Gasteiger partial charge in [-0.15, -0.1) is 0 Å². The third kappa shape index (κ3) is 6.96. The molecule has 1 heterocycles. The van der Waals surface area contributed by atoms with Crippen molar-refractivity contribution in [1.82, 2.24) is 9.78 Å². The number of esters is 1. The van der Waals surface area contributed by atoms with Crippen LogP contribution in [0.1, 0.15) is 43.7 Å². The Labute approximate surface area is 192 Å². The number of aromatic nitrogens is 2. The van der Waals surface area contributed by atoms with E-state index in [0.717, 1.165) is 58.3 Å². The highest BCUT2D eigenvalue weighted by molar-refractivity contribution is 9.10. The van der Waals surface area contributed by atoms with Gasteiger partial charge in [-0.3, -0.25) is 9.48 Å². The molecule has 3 aromatic rings. The van der Waals surface area contributed by atoms with Crippen LogP contribution in [0.25, 0.3) is 11.3 Å². The monoisotopic (exact) mass is 484 g/mol. The van der Waals surface area contributed by atoms with E-state index in [-0.39, 0.29) is 5.97 Å². The number of aryl methyl sites for hydroxylation is 1. The molecule has 2 aromatic carbocycles. The second-order valence-corrected chi connectivity index (χ2v) is 8.35. The van der Waals surface area contributed by atoms with Crippen molar-refractivity contribution in [1.29, 1.82) is 0 Å². The van der Waals surface area contributed by atoms with Crippen molar-refractivity contribution >= 4 is 21.9 Å². The van der Waals surface area contributed by atoms with Crippen LogP contribution in [0.4, 0.5) is 0 Å². The fourth-order valence-corrected chi connectivity index (χ4v) is 3.74. The van der Waals surface area contributed by atoms with Crippen LogP contribution in [-0.2, 0) is 23.0 Å². The van der Waals surface area contributed by atoms with Crippen LogP contribution in [-0.4, -0.2) is 29.0 Å². The van der Waals surface area contributed by atoms with Gasteiger partial charge in [0.15, 0.2) is 0 Å². The highest BCUT2D eigenvalue weighted by Crippen LogP contribution is 2.28. The lowest BCUT2D eigenvalue weighted by molar-refractivity contribution is -0.143. The maximum atomic E-state index is 11.4. The minimum atomic E-state index is -0.119. The SMILES string of the molecule is CCOC(=O)CCCCCOc1ccccc1Cc1cn(C)nc1-c1ccc(Br)cc1. The van der Waals surface area contributed by atoms with Gasteiger partial charge >= 0.3 is 5.97 Å². The Kier molecular flexibility index (Phi) is 8.71. The molecule has 0 radical (unpaired) electrons. The lowest BCUT2D eigenvalue weighted by Crippen LogP contribution is -2.04. The maximum absolute atomic E-state index is 11.4. The number of hydrogen-bond acceptors (Lipinski definition) is 4. The van der Waals surface area contributed by atoms with E-state index in [9.17, 15) is 4.79 Å². The summed E-state index contributed by atoms with van der Waals surface area (Å²) in [4.78, 5) is 11.4. The van der Waals surface area contributed by atoms with Crippen molar-refractivity contribution in [3.63, 3.8) is 0 Å². The van der Waals surface area contributed by atoms with E-state index in [0.29, 0.717) is 19.6 Å². The fourth-order valence-electron chi connectivity index (χ4n) is 3.48. The van der Waals surface area contributed by atoms with Crippen molar-refractivity contribution in [3.8, 4) is 17.0 Å². The van der Waals surface area contributed by atoms with E-state index in [2.05, 4.69) is 45.4 Å². The Morgan fingerprint density at radius 3 is 2.58 bits per heavy atom. The smallest absolute Gasteiger partial charge is 0.305 e. The van der Waals surface area contributed by atoms with Gasteiger partial charge in [-0.1, -0.05) is 46.3 Å². The van der Waals surface area contributed by atoms with E-state index in [1.165, 1.54) is 0 Å². The van der Waals surface area contributed by atoms with Crippen LogP contribution in [0, 0.1) is 0 Å². The van der Waals surface area contributed by atoms with Crippen molar-refractivity contribution in [2.24, 2.45) is 7.05 Å². The molecule has 6 heteroatoms. The van der Waals surface area contributed by atoms with Crippen LogP contribution in [0.3, 0.4) is 0 Å². The summed E-state index contributed by atoms with van der Waals surface area (Å²) in [6.07, 6.45) is 5.98. The Balaban J connectivity index is 1.60. The molecule has 0 fully saturated rings. The molecular weight excluding hydrogens is 456 g/mol. The average Bonchev–Trinajstić information content (AvgIpc) is 3.12. The largest absolute Gasteiger partial charge is 0.493 e. The molecule has 0 amide bonds. The van der Waals surface area contributed by atoms with Gasteiger partial charge < -0.3 is 9.47 Å². The Morgan fingerprint density at radius 1 is 1.03 bits per heavy atom. The maximum Gasteiger partial charge on any atom is 0.305 e. The minimum Gasteiger partial charge on any atom is -0.493 e. The molecule has 3 rings (SSSR count). The number of halogens is 1. The molecule has 0 saturated carbocycles. The van der Waals surface area contributed by atoms with Crippen LogP contribution in [0.15, 0.2) is 59.2 Å². The van der Waals surface area contributed by atoms with Crippen LogP contribution in [0.2, 0.25) is 0 Å². The summed E-state index contributed by atoms with van der Waals surface area (Å²) in [6.45, 7) is 2.90. The summed E-state index contributed by atoms with van der Waals surface area (Å²) in [5.74, 6) is 0.783. The van der Waals surface area contributed by atoms with E-state index in [1.54, 1.807) is 0 Å². The van der Waals surface area contributed by atoms with Gasteiger partial charge in [-0.05, 0) is 49.9 Å². The zero-order valence-electron chi connectivity index (χ0n) is 18.1. The molecule has 1 aromatic heterocycles. The van der Waals surface area contributed by atoms with Crippen LogP contribution in [0.5, 0.6) is 5.75 Å². The summed E-state index contributed by atoms with van der Waals surface area (Å²) in [5, 5.41) is 4.68. The topological polar surface area (TPSA) is 53.4 Å². The van der Waals surface area contributed by atoms with Gasteiger partial charge in [-0.2, -0.15) is 5.10 Å². The molecule has 0 bridgehead atoms. The van der Waals surface area contributed by atoms with Crippen molar-refractivity contribution in [2.45, 2.75) is 39.0 Å². The summed E-state index contributed by atoms with van der Waals surface area (Å²) < 4.78 is 14.0. The van der Waals surface area contributed by atoms with Crippen molar-refractivity contribution < 1.29 is 14.3 Å². The molecule has 0 spiro atoms. The summed E-state index contributed by atoms with van der Waals surface area (Å²) in [5.41, 5.74) is 4.39. The number of carbonyl (C=O) groups is 1. The highest BCUT2D eigenvalue weighted by atomic mass is 79.9. The second-order valence-electron chi connectivity index (χ2n) is 7.43. The first-order chi connectivity index (χ1) is 15.1.